The SMILES string of the molecule is NS(=O)(=O)c1ccc(CNc2nccn3c(-c4ccc(CO)cc4)cnc23)cc1. The first-order chi connectivity index (χ1) is 14.0. The fourth-order valence-electron chi connectivity index (χ4n) is 3.02. The molecule has 0 aliphatic carbocycles. The number of primary sulfonamides is 1. The second-order valence-electron chi connectivity index (χ2n) is 6.51. The first-order valence-electron chi connectivity index (χ1n) is 8.83. The van der Waals surface area contributed by atoms with Crippen LogP contribution in [0.5, 0.6) is 0 Å². The van der Waals surface area contributed by atoms with Gasteiger partial charge >= 0.3 is 0 Å². The minimum Gasteiger partial charge on any atom is -0.392 e. The number of hydrogen-bond donors (Lipinski definition) is 3. The minimum atomic E-state index is -3.70. The van der Waals surface area contributed by atoms with Crippen molar-refractivity contribution in [2.45, 2.75) is 18.0 Å². The van der Waals surface area contributed by atoms with Crippen molar-refractivity contribution in [3.05, 3.63) is 78.2 Å². The summed E-state index contributed by atoms with van der Waals surface area (Å²) in [4.78, 5) is 8.93. The van der Waals surface area contributed by atoms with Gasteiger partial charge in [0.1, 0.15) is 0 Å². The quantitative estimate of drug-likeness (QED) is 0.448. The van der Waals surface area contributed by atoms with Gasteiger partial charge in [0.15, 0.2) is 11.5 Å². The number of imidazole rings is 1. The summed E-state index contributed by atoms with van der Waals surface area (Å²) in [7, 11) is -3.70. The molecule has 2 aromatic carbocycles. The lowest BCUT2D eigenvalue weighted by Crippen LogP contribution is -2.12. The van der Waals surface area contributed by atoms with Crippen LogP contribution in [0, 0.1) is 0 Å². The van der Waals surface area contributed by atoms with Crippen molar-refractivity contribution in [1.82, 2.24) is 14.4 Å². The molecule has 0 saturated heterocycles. The van der Waals surface area contributed by atoms with Gasteiger partial charge in [-0.05, 0) is 23.3 Å². The molecule has 0 spiro atoms. The smallest absolute Gasteiger partial charge is 0.238 e. The zero-order chi connectivity index (χ0) is 20.4. The van der Waals surface area contributed by atoms with Crippen LogP contribution in [0.4, 0.5) is 5.82 Å². The highest BCUT2D eigenvalue weighted by molar-refractivity contribution is 7.89. The Hall–Kier alpha value is -3.27. The van der Waals surface area contributed by atoms with Gasteiger partial charge in [-0.15, -0.1) is 0 Å². The summed E-state index contributed by atoms with van der Waals surface area (Å²) in [6.45, 7) is 0.453. The minimum absolute atomic E-state index is 0.00358. The molecule has 4 N–H and O–H groups in total. The fourth-order valence-corrected chi connectivity index (χ4v) is 3.54. The molecule has 29 heavy (non-hydrogen) atoms. The molecular weight excluding hydrogens is 390 g/mol. The van der Waals surface area contributed by atoms with E-state index in [0.717, 1.165) is 22.4 Å². The number of fused-ring (bicyclic) bond motifs is 1. The van der Waals surface area contributed by atoms with Gasteiger partial charge in [0.25, 0.3) is 0 Å². The summed E-state index contributed by atoms with van der Waals surface area (Å²) in [5.41, 5.74) is 4.29. The summed E-state index contributed by atoms with van der Waals surface area (Å²) in [5.74, 6) is 0.612. The molecule has 0 bridgehead atoms. The number of anilines is 1. The molecule has 0 fully saturated rings. The topological polar surface area (TPSA) is 123 Å². The molecule has 8 nitrogen and oxygen atoms in total. The molecule has 0 saturated carbocycles. The highest BCUT2D eigenvalue weighted by atomic mass is 32.2. The highest BCUT2D eigenvalue weighted by Gasteiger charge is 2.11. The number of hydrogen-bond acceptors (Lipinski definition) is 6. The summed E-state index contributed by atoms with van der Waals surface area (Å²) in [6.07, 6.45) is 5.30. The lowest BCUT2D eigenvalue weighted by molar-refractivity contribution is 0.282. The van der Waals surface area contributed by atoms with Crippen molar-refractivity contribution in [2.75, 3.05) is 5.32 Å². The van der Waals surface area contributed by atoms with Gasteiger partial charge in [0.2, 0.25) is 10.0 Å². The second-order valence-corrected chi connectivity index (χ2v) is 8.07. The summed E-state index contributed by atoms with van der Waals surface area (Å²) in [5, 5.41) is 17.6. The molecule has 2 aromatic heterocycles. The van der Waals surface area contributed by atoms with Crippen LogP contribution in [-0.4, -0.2) is 27.9 Å². The number of nitrogens with two attached hydrogens (primary N) is 1. The van der Waals surface area contributed by atoms with Crippen LogP contribution in [0.3, 0.4) is 0 Å². The van der Waals surface area contributed by atoms with Gasteiger partial charge in [0, 0.05) is 24.5 Å². The first kappa shape index (κ1) is 19.1. The van der Waals surface area contributed by atoms with Crippen LogP contribution in [0.1, 0.15) is 11.1 Å². The van der Waals surface area contributed by atoms with Crippen molar-refractivity contribution in [2.24, 2.45) is 5.14 Å². The van der Waals surface area contributed by atoms with Crippen molar-refractivity contribution < 1.29 is 13.5 Å². The van der Waals surface area contributed by atoms with Gasteiger partial charge in [-0.2, -0.15) is 0 Å². The van der Waals surface area contributed by atoms with E-state index in [1.165, 1.54) is 12.1 Å². The van der Waals surface area contributed by atoms with Crippen molar-refractivity contribution >= 4 is 21.5 Å². The average Bonchev–Trinajstić information content (AvgIpc) is 3.17. The molecule has 0 aliphatic rings. The van der Waals surface area contributed by atoms with Gasteiger partial charge in [-0.25, -0.2) is 23.5 Å². The van der Waals surface area contributed by atoms with E-state index in [4.69, 9.17) is 5.14 Å². The summed E-state index contributed by atoms with van der Waals surface area (Å²) < 4.78 is 24.6. The van der Waals surface area contributed by atoms with Gasteiger partial charge in [0.05, 0.1) is 23.4 Å². The van der Waals surface area contributed by atoms with E-state index in [9.17, 15) is 13.5 Å². The van der Waals surface area contributed by atoms with E-state index in [0.29, 0.717) is 18.0 Å². The number of rotatable bonds is 6. The van der Waals surface area contributed by atoms with E-state index < -0.39 is 10.0 Å². The summed E-state index contributed by atoms with van der Waals surface area (Å²) >= 11 is 0. The Balaban J connectivity index is 1.58. The van der Waals surface area contributed by atoms with E-state index in [-0.39, 0.29) is 11.5 Å². The Morgan fingerprint density at radius 2 is 1.69 bits per heavy atom. The Labute approximate surface area is 167 Å². The molecule has 148 valence electrons. The number of aromatic nitrogens is 3. The average molecular weight is 409 g/mol. The lowest BCUT2D eigenvalue weighted by atomic mass is 10.1. The maximum atomic E-state index is 11.4. The third-order valence-corrected chi connectivity index (χ3v) is 5.50. The van der Waals surface area contributed by atoms with Crippen LogP contribution < -0.4 is 10.5 Å². The largest absolute Gasteiger partial charge is 0.392 e. The third-order valence-electron chi connectivity index (χ3n) is 4.57. The Bertz CT molecular complexity index is 1250. The second kappa shape index (κ2) is 7.63. The van der Waals surface area contributed by atoms with Crippen LogP contribution in [0.2, 0.25) is 0 Å². The van der Waals surface area contributed by atoms with Crippen molar-refractivity contribution in [3.8, 4) is 11.3 Å². The van der Waals surface area contributed by atoms with E-state index >= 15 is 0 Å². The third kappa shape index (κ3) is 3.97. The van der Waals surface area contributed by atoms with Gasteiger partial charge < -0.3 is 10.4 Å². The number of nitrogens with zero attached hydrogens (tertiary/aromatic N) is 3. The Morgan fingerprint density at radius 1 is 1.00 bits per heavy atom. The standard InChI is InChI=1S/C20H19N5O3S/c21-29(27,28)17-7-3-14(4-8-17)11-23-19-20-24-12-18(25(20)10-9-22-19)16-5-1-15(13-26)2-6-16/h1-10,12,26H,11,13H2,(H,22,23)(H2,21,27,28). The lowest BCUT2D eigenvalue weighted by Gasteiger charge is -2.08. The maximum absolute atomic E-state index is 11.4. The molecular formula is C20H19N5O3S. The molecule has 0 radical (unpaired) electrons. The Morgan fingerprint density at radius 3 is 2.34 bits per heavy atom. The number of aliphatic hydroxyl groups excluding tert-OH is 1. The predicted octanol–water partition coefficient (Wildman–Crippen LogP) is 2.15. The monoisotopic (exact) mass is 409 g/mol. The van der Waals surface area contributed by atoms with Crippen LogP contribution in [-0.2, 0) is 23.2 Å². The number of aliphatic hydroxyl groups is 1. The van der Waals surface area contributed by atoms with E-state index in [2.05, 4.69) is 15.3 Å². The first-order valence-corrected chi connectivity index (χ1v) is 10.4. The van der Waals surface area contributed by atoms with Crippen LogP contribution in [0.15, 0.2) is 72.0 Å². The van der Waals surface area contributed by atoms with Gasteiger partial charge in [-0.1, -0.05) is 36.4 Å². The molecule has 9 heteroatoms. The zero-order valence-corrected chi connectivity index (χ0v) is 16.2. The van der Waals surface area contributed by atoms with E-state index in [1.54, 1.807) is 24.5 Å². The van der Waals surface area contributed by atoms with Crippen molar-refractivity contribution in [1.29, 1.82) is 0 Å². The molecule has 0 unspecified atom stereocenters. The number of benzene rings is 2. The molecule has 0 aliphatic heterocycles. The molecule has 0 atom stereocenters. The summed E-state index contributed by atoms with van der Waals surface area (Å²) in [6, 6.07) is 14.0. The van der Waals surface area contributed by atoms with Crippen LogP contribution >= 0.6 is 0 Å². The number of sulfonamides is 1. The van der Waals surface area contributed by atoms with Gasteiger partial charge in [-0.3, -0.25) is 4.40 Å². The molecule has 0 amide bonds. The number of nitrogens with one attached hydrogen (secondary N) is 1. The Kier molecular flexibility index (Phi) is 5.01. The fraction of sp³-hybridized carbons (Fsp3) is 0.100. The molecule has 4 rings (SSSR count). The molecule has 2 heterocycles. The zero-order valence-electron chi connectivity index (χ0n) is 15.4. The molecule has 4 aromatic rings. The normalized spacial score (nSPS) is 11.7. The van der Waals surface area contributed by atoms with E-state index in [1.807, 2.05) is 34.9 Å². The maximum Gasteiger partial charge on any atom is 0.238 e. The van der Waals surface area contributed by atoms with Crippen molar-refractivity contribution in [3.63, 3.8) is 0 Å². The van der Waals surface area contributed by atoms with Crippen LogP contribution in [0.25, 0.3) is 16.9 Å². The highest BCUT2D eigenvalue weighted by Crippen LogP contribution is 2.24. The predicted molar refractivity (Wildman–Crippen MR) is 109 cm³/mol.